The fourth-order valence-corrected chi connectivity index (χ4v) is 2.04. The summed E-state index contributed by atoms with van der Waals surface area (Å²) in [6.45, 7) is 3.06. The van der Waals surface area contributed by atoms with E-state index in [-0.39, 0.29) is 40.6 Å². The third-order valence-corrected chi connectivity index (χ3v) is 3.00. The quantitative estimate of drug-likeness (QED) is 0.860. The summed E-state index contributed by atoms with van der Waals surface area (Å²) in [7, 11) is 0. The Kier molecular flexibility index (Phi) is 2.87. The Morgan fingerprint density at radius 1 is 1.22 bits per heavy atom. The predicted molar refractivity (Wildman–Crippen MR) is 65.0 cm³/mol. The molecule has 0 bridgehead atoms. The predicted octanol–water partition coefficient (Wildman–Crippen LogP) is 1.77. The largest absolute Gasteiger partial charge is 0.507 e. The number of fused-ring (bicyclic) bond motifs is 1. The number of rotatable bonds is 2. The van der Waals surface area contributed by atoms with E-state index in [0.717, 1.165) is 6.08 Å². The Morgan fingerprint density at radius 3 is 2.44 bits per heavy atom. The van der Waals surface area contributed by atoms with Gasteiger partial charge in [-0.25, -0.2) is 0 Å². The molecule has 0 saturated carbocycles. The van der Waals surface area contributed by atoms with E-state index in [1.165, 1.54) is 19.1 Å². The first-order valence-corrected chi connectivity index (χ1v) is 5.53. The van der Waals surface area contributed by atoms with Crippen molar-refractivity contribution in [3.63, 3.8) is 0 Å². The van der Waals surface area contributed by atoms with Crippen molar-refractivity contribution in [2.75, 3.05) is 0 Å². The fourth-order valence-electron chi connectivity index (χ4n) is 2.04. The van der Waals surface area contributed by atoms with E-state index < -0.39 is 0 Å². The van der Waals surface area contributed by atoms with Crippen LogP contribution in [0.2, 0.25) is 0 Å². The summed E-state index contributed by atoms with van der Waals surface area (Å²) in [5.41, 5.74) is 1.25. The Hall–Kier alpha value is -2.23. The molecule has 1 N–H and O–H groups in total. The minimum absolute atomic E-state index is 0.0345. The summed E-state index contributed by atoms with van der Waals surface area (Å²) in [5, 5.41) is 10.0. The lowest BCUT2D eigenvalue weighted by Crippen LogP contribution is -2.14. The molecule has 0 heterocycles. The first-order chi connectivity index (χ1) is 8.41. The highest BCUT2D eigenvalue weighted by Gasteiger charge is 2.25. The molecule has 0 atom stereocenters. The summed E-state index contributed by atoms with van der Waals surface area (Å²) < 4.78 is 0. The maximum Gasteiger partial charge on any atom is 0.190 e. The Morgan fingerprint density at radius 2 is 1.83 bits per heavy atom. The molecule has 2 rings (SSSR count). The number of carbonyl (C=O) groups excluding carboxylic acids is 3. The van der Waals surface area contributed by atoms with Gasteiger partial charge in [0.2, 0.25) is 0 Å². The van der Waals surface area contributed by atoms with Gasteiger partial charge in [-0.3, -0.25) is 14.4 Å². The number of carbonyl (C=O) groups is 3. The van der Waals surface area contributed by atoms with E-state index in [1.807, 2.05) is 0 Å². The van der Waals surface area contributed by atoms with Crippen LogP contribution in [0.4, 0.5) is 0 Å². The van der Waals surface area contributed by atoms with E-state index in [1.54, 1.807) is 6.92 Å². The molecule has 0 radical (unpaired) electrons. The average molecular weight is 244 g/mol. The van der Waals surface area contributed by atoms with Gasteiger partial charge < -0.3 is 5.11 Å². The molecule has 0 aliphatic heterocycles. The van der Waals surface area contributed by atoms with Crippen LogP contribution in [0.15, 0.2) is 18.2 Å². The molecule has 0 unspecified atom stereocenters. The molecule has 1 aliphatic rings. The SMILES string of the molecule is CC(=O)Cc1cc2c(c(O)c1C)C(=O)C=CC2=O. The molecule has 4 heteroatoms. The van der Waals surface area contributed by atoms with Gasteiger partial charge in [0.05, 0.1) is 5.56 Å². The topological polar surface area (TPSA) is 71.4 Å². The molecule has 0 amide bonds. The highest BCUT2D eigenvalue weighted by Crippen LogP contribution is 2.32. The minimum Gasteiger partial charge on any atom is -0.507 e. The lowest BCUT2D eigenvalue weighted by Gasteiger charge is -2.15. The number of phenols is 1. The van der Waals surface area contributed by atoms with E-state index in [2.05, 4.69) is 0 Å². The van der Waals surface area contributed by atoms with Gasteiger partial charge in [0, 0.05) is 12.0 Å². The van der Waals surface area contributed by atoms with Crippen molar-refractivity contribution in [2.24, 2.45) is 0 Å². The van der Waals surface area contributed by atoms with Crippen LogP contribution in [0.5, 0.6) is 5.75 Å². The highest BCUT2D eigenvalue weighted by atomic mass is 16.3. The number of ketones is 3. The summed E-state index contributed by atoms with van der Waals surface area (Å²) in [6.07, 6.45) is 2.46. The molecule has 0 aromatic heterocycles. The molecule has 92 valence electrons. The molecular formula is C14H12O4. The molecule has 1 aromatic carbocycles. The zero-order valence-electron chi connectivity index (χ0n) is 10.1. The Balaban J connectivity index is 2.69. The van der Waals surface area contributed by atoms with Crippen LogP contribution in [0, 0.1) is 6.92 Å². The molecule has 1 aromatic rings. The summed E-state index contributed by atoms with van der Waals surface area (Å²) in [4.78, 5) is 34.5. The van der Waals surface area contributed by atoms with Gasteiger partial charge in [-0.2, -0.15) is 0 Å². The number of benzene rings is 1. The maximum atomic E-state index is 11.7. The highest BCUT2D eigenvalue weighted by molar-refractivity contribution is 6.23. The number of hydrogen-bond acceptors (Lipinski definition) is 4. The second kappa shape index (κ2) is 4.22. The van der Waals surface area contributed by atoms with Crippen molar-refractivity contribution >= 4 is 17.3 Å². The first-order valence-electron chi connectivity index (χ1n) is 5.53. The standard InChI is InChI=1S/C14H12O4/c1-7(15)5-9-6-10-11(16)3-4-12(17)13(10)14(18)8(9)2/h3-4,6,18H,5H2,1-2H3. The van der Waals surface area contributed by atoms with Gasteiger partial charge in [-0.1, -0.05) is 0 Å². The summed E-state index contributed by atoms with van der Waals surface area (Å²) in [6, 6.07) is 1.52. The minimum atomic E-state index is -0.389. The van der Waals surface area contributed by atoms with Crippen molar-refractivity contribution < 1.29 is 19.5 Å². The van der Waals surface area contributed by atoms with Crippen molar-refractivity contribution in [3.05, 3.63) is 40.5 Å². The first kappa shape index (κ1) is 12.2. The van der Waals surface area contributed by atoms with Gasteiger partial charge in [-0.05, 0) is 43.2 Å². The third kappa shape index (κ3) is 1.86. The molecule has 4 nitrogen and oxygen atoms in total. The van der Waals surface area contributed by atoms with E-state index >= 15 is 0 Å². The number of hydrogen-bond donors (Lipinski definition) is 1. The van der Waals surface area contributed by atoms with E-state index in [4.69, 9.17) is 0 Å². The molecule has 18 heavy (non-hydrogen) atoms. The molecule has 0 saturated heterocycles. The Bertz CT molecular complexity index is 609. The fraction of sp³-hybridized carbons (Fsp3) is 0.214. The van der Waals surface area contributed by atoms with Crippen LogP contribution in [0.25, 0.3) is 0 Å². The summed E-state index contributed by atoms with van der Waals surface area (Å²) in [5.74, 6) is -0.988. The van der Waals surface area contributed by atoms with Crippen molar-refractivity contribution in [1.29, 1.82) is 0 Å². The monoisotopic (exact) mass is 244 g/mol. The van der Waals surface area contributed by atoms with Gasteiger partial charge >= 0.3 is 0 Å². The van der Waals surface area contributed by atoms with Gasteiger partial charge in [0.1, 0.15) is 11.5 Å². The number of aromatic hydroxyl groups is 1. The Labute approximate surface area is 104 Å². The summed E-state index contributed by atoms with van der Waals surface area (Å²) >= 11 is 0. The van der Waals surface area contributed by atoms with Crippen molar-refractivity contribution in [1.82, 2.24) is 0 Å². The molecular weight excluding hydrogens is 232 g/mol. The van der Waals surface area contributed by atoms with Crippen LogP contribution in [0.1, 0.15) is 38.8 Å². The van der Waals surface area contributed by atoms with Crippen molar-refractivity contribution in [2.45, 2.75) is 20.3 Å². The van der Waals surface area contributed by atoms with Crippen LogP contribution in [-0.2, 0) is 11.2 Å². The van der Waals surface area contributed by atoms with Crippen LogP contribution < -0.4 is 0 Å². The van der Waals surface area contributed by atoms with Crippen LogP contribution >= 0.6 is 0 Å². The second-order valence-electron chi connectivity index (χ2n) is 4.37. The number of phenolic OH excluding ortho intramolecular Hbond substituents is 1. The average Bonchev–Trinajstić information content (AvgIpc) is 2.29. The maximum absolute atomic E-state index is 11.7. The molecule has 1 aliphatic carbocycles. The van der Waals surface area contributed by atoms with Gasteiger partial charge in [-0.15, -0.1) is 0 Å². The smallest absolute Gasteiger partial charge is 0.190 e. The van der Waals surface area contributed by atoms with E-state index in [9.17, 15) is 19.5 Å². The van der Waals surface area contributed by atoms with Crippen LogP contribution in [0.3, 0.4) is 0 Å². The van der Waals surface area contributed by atoms with Gasteiger partial charge in [0.15, 0.2) is 11.6 Å². The molecule has 0 spiro atoms. The zero-order valence-corrected chi connectivity index (χ0v) is 10.1. The second-order valence-corrected chi connectivity index (χ2v) is 4.37. The zero-order chi connectivity index (χ0) is 13.4. The van der Waals surface area contributed by atoms with Crippen LogP contribution in [-0.4, -0.2) is 22.5 Å². The lowest BCUT2D eigenvalue weighted by molar-refractivity contribution is -0.116. The number of allylic oxidation sites excluding steroid dienone is 2. The van der Waals surface area contributed by atoms with E-state index in [0.29, 0.717) is 11.1 Å². The molecule has 0 fully saturated rings. The number of Topliss-reactive ketones (excluding diaryl/α,β-unsaturated/α-hetero) is 1. The third-order valence-electron chi connectivity index (χ3n) is 3.00. The lowest BCUT2D eigenvalue weighted by atomic mass is 9.88. The normalized spacial score (nSPS) is 13.7. The van der Waals surface area contributed by atoms with Gasteiger partial charge in [0.25, 0.3) is 0 Å². The van der Waals surface area contributed by atoms with Crippen molar-refractivity contribution in [3.8, 4) is 5.75 Å².